The van der Waals surface area contributed by atoms with Crippen LogP contribution in [0.1, 0.15) is 35.1 Å². The fourth-order valence-corrected chi connectivity index (χ4v) is 6.06. The van der Waals surface area contributed by atoms with E-state index in [-0.39, 0.29) is 36.1 Å². The third-order valence-electron chi connectivity index (χ3n) is 6.90. The van der Waals surface area contributed by atoms with Crippen LogP contribution in [0.2, 0.25) is 0 Å². The van der Waals surface area contributed by atoms with Crippen molar-refractivity contribution in [1.82, 2.24) is 9.72 Å². The van der Waals surface area contributed by atoms with Gasteiger partial charge in [0.05, 0.1) is 0 Å². The van der Waals surface area contributed by atoms with Gasteiger partial charge < -0.3 is 24.1 Å². The number of aliphatic hydroxyl groups is 1. The number of hydrogen-bond donors (Lipinski definition) is 1. The molecule has 204 valence electrons. The molecule has 3 aromatic carbocycles. The van der Waals surface area contributed by atoms with E-state index in [1.54, 1.807) is 0 Å². The molecule has 1 N–H and O–H groups in total. The standard InChI is InChI=1S/C30H32N2O6S.Na/c1-20-14-26(37-19-30(35)10-12-39-13-11-30)15-21(2)27(20)24-5-3-4-23(16-24)18-36-25-8-6-22(7-9-25)17-32-28(33)31-29(34)38-32;/h3-9,14-16,35H,10-13,17-19H2,1-2H3,(H,31,33,34);/q;+1/p-1. The molecule has 10 heteroatoms. The van der Waals surface area contributed by atoms with Crippen molar-refractivity contribution in [2.75, 3.05) is 18.1 Å². The molecular formula is C30H31N2NaO6S. The van der Waals surface area contributed by atoms with E-state index in [1.807, 2.05) is 60.3 Å². The molecule has 0 spiro atoms. The summed E-state index contributed by atoms with van der Waals surface area (Å²) in [6.45, 7) is 5.00. The van der Waals surface area contributed by atoms with Gasteiger partial charge in [-0.25, -0.2) is 4.79 Å². The van der Waals surface area contributed by atoms with E-state index in [0.29, 0.717) is 19.0 Å². The molecule has 0 bridgehead atoms. The molecule has 0 radical (unpaired) electrons. The Morgan fingerprint density at radius 3 is 2.30 bits per heavy atom. The van der Waals surface area contributed by atoms with Crippen LogP contribution in [0, 0.1) is 13.8 Å². The molecule has 1 saturated heterocycles. The first kappa shape index (κ1) is 30.3. The summed E-state index contributed by atoms with van der Waals surface area (Å²) in [6.07, 6.45) is 1.53. The Balaban J connectivity index is 0.00000370. The van der Waals surface area contributed by atoms with Crippen molar-refractivity contribution in [3.05, 3.63) is 104 Å². The smallest absolute Gasteiger partial charge is 0.491 e. The van der Waals surface area contributed by atoms with Crippen LogP contribution in [0.15, 0.2) is 74.8 Å². The third kappa shape index (κ3) is 7.53. The van der Waals surface area contributed by atoms with Gasteiger partial charge >= 0.3 is 35.3 Å². The Kier molecular flexibility index (Phi) is 10.1. The van der Waals surface area contributed by atoms with Crippen LogP contribution in [0.4, 0.5) is 0 Å². The van der Waals surface area contributed by atoms with Crippen molar-refractivity contribution in [3.63, 3.8) is 0 Å². The Morgan fingerprint density at radius 1 is 0.950 bits per heavy atom. The minimum Gasteiger partial charge on any atom is -0.491 e. The van der Waals surface area contributed by atoms with Crippen molar-refractivity contribution >= 4 is 11.8 Å². The monoisotopic (exact) mass is 570 g/mol. The Bertz CT molecular complexity index is 1530. The van der Waals surface area contributed by atoms with Crippen molar-refractivity contribution in [3.8, 4) is 22.6 Å². The topological polar surface area (TPSA) is 105 Å². The summed E-state index contributed by atoms with van der Waals surface area (Å²) >= 11 is 1.88. The molecule has 40 heavy (non-hydrogen) atoms. The normalized spacial score (nSPS) is 14.4. The van der Waals surface area contributed by atoms with E-state index in [4.69, 9.17) is 14.0 Å². The van der Waals surface area contributed by atoms with Gasteiger partial charge in [0.25, 0.3) is 0 Å². The van der Waals surface area contributed by atoms with Gasteiger partial charge in [0.15, 0.2) is 5.69 Å². The number of nitrogens with zero attached hydrogens (tertiary/aromatic N) is 2. The number of aromatic nitrogens is 2. The molecule has 0 saturated carbocycles. The molecular weight excluding hydrogens is 539 g/mol. The summed E-state index contributed by atoms with van der Waals surface area (Å²) < 4.78 is 17.7. The van der Waals surface area contributed by atoms with Crippen molar-refractivity contribution in [2.45, 2.75) is 45.4 Å². The average Bonchev–Trinajstić information content (AvgIpc) is 3.23. The van der Waals surface area contributed by atoms with Crippen LogP contribution < -0.4 is 55.5 Å². The van der Waals surface area contributed by atoms with Gasteiger partial charge in [-0.05, 0) is 102 Å². The van der Waals surface area contributed by atoms with E-state index in [0.717, 1.165) is 68.2 Å². The Labute approximate surface area is 259 Å². The summed E-state index contributed by atoms with van der Waals surface area (Å²) in [7, 11) is 0. The molecule has 0 atom stereocenters. The zero-order valence-electron chi connectivity index (χ0n) is 23.0. The van der Waals surface area contributed by atoms with Crippen molar-refractivity contribution < 1.29 is 48.7 Å². The van der Waals surface area contributed by atoms with Crippen LogP contribution in [-0.4, -0.2) is 33.6 Å². The first-order valence-electron chi connectivity index (χ1n) is 12.9. The minimum absolute atomic E-state index is 0. The zero-order chi connectivity index (χ0) is 27.4. The van der Waals surface area contributed by atoms with Crippen molar-refractivity contribution in [2.24, 2.45) is 0 Å². The van der Waals surface area contributed by atoms with E-state index in [9.17, 15) is 14.7 Å². The van der Waals surface area contributed by atoms with Crippen LogP contribution >= 0.6 is 11.8 Å². The fourth-order valence-electron chi connectivity index (χ4n) is 4.80. The molecule has 0 unspecified atom stereocenters. The van der Waals surface area contributed by atoms with Crippen LogP contribution in [0.5, 0.6) is 11.5 Å². The molecule has 1 aliphatic rings. The number of hydrogen-bond acceptors (Lipinski definition) is 7. The molecule has 0 amide bonds. The van der Waals surface area contributed by atoms with Crippen LogP contribution in [-0.2, 0) is 13.2 Å². The van der Waals surface area contributed by atoms with Gasteiger partial charge in [-0.3, -0.25) is 9.53 Å². The van der Waals surface area contributed by atoms with Gasteiger partial charge in [0.2, 0.25) is 0 Å². The average molecular weight is 571 g/mol. The minimum atomic E-state index is -0.898. The maximum absolute atomic E-state index is 11.6. The van der Waals surface area contributed by atoms with E-state index in [2.05, 4.69) is 31.0 Å². The molecule has 5 rings (SSSR count). The largest absolute Gasteiger partial charge is 1.00 e. The summed E-state index contributed by atoms with van der Waals surface area (Å²) in [5, 5.41) is 10.8. The first-order valence-corrected chi connectivity index (χ1v) is 14.0. The van der Waals surface area contributed by atoms with Gasteiger partial charge in [0, 0.05) is 6.54 Å². The molecule has 1 aromatic heterocycles. The van der Waals surface area contributed by atoms with Gasteiger partial charge in [-0.2, -0.15) is 11.8 Å². The summed E-state index contributed by atoms with van der Waals surface area (Å²) in [4.78, 5) is 25.9. The third-order valence-corrected chi connectivity index (χ3v) is 7.88. The molecule has 0 aliphatic carbocycles. The predicted molar refractivity (Wildman–Crippen MR) is 151 cm³/mol. The first-order chi connectivity index (χ1) is 18.8. The second-order valence-electron chi connectivity index (χ2n) is 9.98. The Hall–Kier alpha value is -2.69. The summed E-state index contributed by atoms with van der Waals surface area (Å²) in [5.41, 5.74) is 4.86. The maximum Gasteiger partial charge on any atom is 1.00 e. The SMILES string of the molecule is Cc1cc(OCC2(O)CCSCC2)cc(C)c1-c1cccc(COc2ccc(Cn3oc(=O)[n-]c3=O)cc2)c1.[Na+]. The van der Waals surface area contributed by atoms with E-state index in [1.165, 1.54) is 0 Å². The van der Waals surface area contributed by atoms with Crippen molar-refractivity contribution in [1.29, 1.82) is 0 Å². The van der Waals surface area contributed by atoms with Gasteiger partial charge in [-0.15, -0.1) is 0 Å². The number of aryl methyl sites for hydroxylation is 2. The van der Waals surface area contributed by atoms with E-state index < -0.39 is 17.0 Å². The maximum atomic E-state index is 11.6. The molecule has 2 heterocycles. The second-order valence-corrected chi connectivity index (χ2v) is 11.2. The Morgan fingerprint density at radius 2 is 1.65 bits per heavy atom. The quantitative estimate of drug-likeness (QED) is 0.301. The van der Waals surface area contributed by atoms with Gasteiger partial charge in [0.1, 0.15) is 30.3 Å². The zero-order valence-corrected chi connectivity index (χ0v) is 25.8. The predicted octanol–water partition coefficient (Wildman–Crippen LogP) is 1.31. The van der Waals surface area contributed by atoms with Crippen LogP contribution in [0.25, 0.3) is 11.1 Å². The summed E-state index contributed by atoms with van der Waals surface area (Å²) in [6, 6.07) is 19.6. The van der Waals surface area contributed by atoms with Crippen LogP contribution in [0.3, 0.4) is 0 Å². The number of benzene rings is 3. The molecule has 4 aromatic rings. The molecule has 1 aliphatic heterocycles. The number of rotatable bonds is 9. The molecule has 8 nitrogen and oxygen atoms in total. The fraction of sp³-hybridized carbons (Fsp3) is 0.333. The van der Waals surface area contributed by atoms with Gasteiger partial charge in [-0.1, -0.05) is 30.3 Å². The van der Waals surface area contributed by atoms with E-state index >= 15 is 0 Å². The summed E-state index contributed by atoms with van der Waals surface area (Å²) in [5.74, 6) is 2.51. The second kappa shape index (κ2) is 13.3. The molecule has 1 fully saturated rings. The number of ether oxygens (including phenoxy) is 2. The number of thioether (sulfide) groups is 1.